The van der Waals surface area contributed by atoms with Crippen molar-refractivity contribution < 1.29 is 4.74 Å². The van der Waals surface area contributed by atoms with E-state index < -0.39 is 0 Å². The third kappa shape index (κ3) is 2.98. The number of ether oxygens (including phenoxy) is 1. The van der Waals surface area contributed by atoms with E-state index in [4.69, 9.17) is 4.74 Å². The second kappa shape index (κ2) is 6.11. The number of rotatable bonds is 3. The summed E-state index contributed by atoms with van der Waals surface area (Å²) in [4.78, 5) is 2.65. The largest absolute Gasteiger partial charge is 0.380 e. The Bertz CT molecular complexity index is 282. The SMILES string of the molecule is COC1CCCCC1NC1CC2CCCC(C1)N2C. The van der Waals surface area contributed by atoms with Crippen molar-refractivity contribution >= 4 is 0 Å². The Labute approximate surface area is 118 Å². The smallest absolute Gasteiger partial charge is 0.0724 e. The number of hydrogen-bond donors (Lipinski definition) is 1. The number of fused-ring (bicyclic) bond motifs is 2. The molecule has 3 rings (SSSR count). The van der Waals surface area contributed by atoms with E-state index >= 15 is 0 Å². The van der Waals surface area contributed by atoms with E-state index in [9.17, 15) is 0 Å². The highest BCUT2D eigenvalue weighted by molar-refractivity contribution is 4.95. The van der Waals surface area contributed by atoms with Crippen molar-refractivity contribution in [3.8, 4) is 0 Å². The first-order valence-electron chi connectivity index (χ1n) is 8.28. The quantitative estimate of drug-likeness (QED) is 0.849. The highest BCUT2D eigenvalue weighted by Crippen LogP contribution is 2.33. The number of methoxy groups -OCH3 is 1. The molecular weight excluding hydrogens is 236 g/mol. The normalized spacial score (nSPS) is 44.2. The fourth-order valence-corrected chi connectivity index (χ4v) is 4.62. The summed E-state index contributed by atoms with van der Waals surface area (Å²) in [5.74, 6) is 0. The maximum Gasteiger partial charge on any atom is 0.0724 e. The Hall–Kier alpha value is -0.120. The van der Waals surface area contributed by atoms with Gasteiger partial charge in [-0.1, -0.05) is 19.3 Å². The average Bonchev–Trinajstić information content (AvgIpc) is 2.40. The van der Waals surface area contributed by atoms with E-state index in [1.165, 1.54) is 57.8 Å². The molecule has 1 aliphatic carbocycles. The van der Waals surface area contributed by atoms with Crippen LogP contribution in [0.1, 0.15) is 57.8 Å². The van der Waals surface area contributed by atoms with E-state index in [-0.39, 0.29) is 0 Å². The topological polar surface area (TPSA) is 24.5 Å². The van der Waals surface area contributed by atoms with E-state index in [1.54, 1.807) is 0 Å². The lowest BCUT2D eigenvalue weighted by Gasteiger charge is -2.48. The number of piperidine rings is 2. The van der Waals surface area contributed by atoms with Gasteiger partial charge in [-0.3, -0.25) is 0 Å². The summed E-state index contributed by atoms with van der Waals surface area (Å²) in [5, 5.41) is 3.96. The zero-order valence-electron chi connectivity index (χ0n) is 12.6. The van der Waals surface area contributed by atoms with Crippen LogP contribution in [-0.4, -0.2) is 49.3 Å². The minimum Gasteiger partial charge on any atom is -0.380 e. The Morgan fingerprint density at radius 1 is 0.947 bits per heavy atom. The van der Waals surface area contributed by atoms with Gasteiger partial charge >= 0.3 is 0 Å². The lowest BCUT2D eigenvalue weighted by atomic mass is 9.81. The van der Waals surface area contributed by atoms with Crippen LogP contribution in [0, 0.1) is 0 Å². The van der Waals surface area contributed by atoms with Crippen LogP contribution >= 0.6 is 0 Å². The van der Waals surface area contributed by atoms with Gasteiger partial charge in [-0.15, -0.1) is 0 Å². The molecule has 0 aromatic rings. The van der Waals surface area contributed by atoms with Crippen LogP contribution in [0.5, 0.6) is 0 Å². The van der Waals surface area contributed by atoms with Crippen molar-refractivity contribution in [2.75, 3.05) is 14.2 Å². The third-order valence-electron chi connectivity index (χ3n) is 5.79. The molecule has 19 heavy (non-hydrogen) atoms. The highest BCUT2D eigenvalue weighted by Gasteiger charge is 2.37. The predicted molar refractivity (Wildman–Crippen MR) is 78.4 cm³/mol. The van der Waals surface area contributed by atoms with E-state index in [0.717, 1.165) is 18.1 Å². The Kier molecular flexibility index (Phi) is 4.45. The minimum absolute atomic E-state index is 0.452. The molecule has 0 aromatic carbocycles. The molecule has 3 aliphatic rings. The molecule has 3 heteroatoms. The van der Waals surface area contributed by atoms with Crippen molar-refractivity contribution in [2.45, 2.75) is 88.1 Å². The van der Waals surface area contributed by atoms with Gasteiger partial charge in [0.1, 0.15) is 0 Å². The lowest BCUT2D eigenvalue weighted by molar-refractivity contribution is 0.0134. The molecule has 1 saturated carbocycles. The molecular formula is C16H30N2O. The molecule has 0 amide bonds. The first-order chi connectivity index (χ1) is 9.28. The minimum atomic E-state index is 0.452. The zero-order chi connectivity index (χ0) is 13.2. The van der Waals surface area contributed by atoms with Crippen molar-refractivity contribution in [2.24, 2.45) is 0 Å². The second-order valence-corrected chi connectivity index (χ2v) is 6.90. The number of hydrogen-bond acceptors (Lipinski definition) is 3. The molecule has 2 bridgehead atoms. The molecule has 0 radical (unpaired) electrons. The van der Waals surface area contributed by atoms with Crippen molar-refractivity contribution in [1.82, 2.24) is 10.2 Å². The Morgan fingerprint density at radius 2 is 1.63 bits per heavy atom. The molecule has 3 nitrogen and oxygen atoms in total. The van der Waals surface area contributed by atoms with Crippen LogP contribution in [0.25, 0.3) is 0 Å². The van der Waals surface area contributed by atoms with Gasteiger partial charge in [-0.05, 0) is 45.6 Å². The van der Waals surface area contributed by atoms with Crippen LogP contribution in [-0.2, 0) is 4.74 Å². The van der Waals surface area contributed by atoms with E-state index in [0.29, 0.717) is 12.1 Å². The summed E-state index contributed by atoms with van der Waals surface area (Å²) in [6.07, 6.45) is 12.7. The van der Waals surface area contributed by atoms with E-state index in [1.807, 2.05) is 7.11 Å². The summed E-state index contributed by atoms with van der Waals surface area (Å²) in [6, 6.07) is 2.99. The highest BCUT2D eigenvalue weighted by atomic mass is 16.5. The van der Waals surface area contributed by atoms with Gasteiger partial charge in [0.25, 0.3) is 0 Å². The molecule has 2 heterocycles. The van der Waals surface area contributed by atoms with Crippen molar-refractivity contribution in [3.05, 3.63) is 0 Å². The summed E-state index contributed by atoms with van der Waals surface area (Å²) < 4.78 is 5.69. The summed E-state index contributed by atoms with van der Waals surface area (Å²) >= 11 is 0. The Morgan fingerprint density at radius 3 is 2.32 bits per heavy atom. The fourth-order valence-electron chi connectivity index (χ4n) is 4.62. The first kappa shape index (κ1) is 13.8. The Balaban J connectivity index is 1.58. The van der Waals surface area contributed by atoms with Gasteiger partial charge in [0.2, 0.25) is 0 Å². The average molecular weight is 266 g/mol. The molecule has 4 unspecified atom stereocenters. The van der Waals surface area contributed by atoms with Crippen LogP contribution in [0.4, 0.5) is 0 Å². The third-order valence-corrected chi connectivity index (χ3v) is 5.79. The lowest BCUT2D eigenvalue weighted by Crippen LogP contribution is -2.57. The summed E-state index contributed by atoms with van der Waals surface area (Å²) in [5.41, 5.74) is 0. The van der Waals surface area contributed by atoms with Crippen LogP contribution in [0.2, 0.25) is 0 Å². The van der Waals surface area contributed by atoms with Gasteiger partial charge in [0, 0.05) is 31.3 Å². The summed E-state index contributed by atoms with van der Waals surface area (Å²) in [6.45, 7) is 0. The van der Waals surface area contributed by atoms with Crippen molar-refractivity contribution in [1.29, 1.82) is 0 Å². The predicted octanol–water partition coefficient (Wildman–Crippen LogP) is 2.55. The zero-order valence-corrected chi connectivity index (χ0v) is 12.6. The molecule has 3 fully saturated rings. The van der Waals surface area contributed by atoms with Gasteiger partial charge in [-0.2, -0.15) is 0 Å². The van der Waals surface area contributed by atoms with Crippen LogP contribution in [0.3, 0.4) is 0 Å². The maximum absolute atomic E-state index is 5.69. The molecule has 2 aliphatic heterocycles. The van der Waals surface area contributed by atoms with Gasteiger partial charge in [-0.25, -0.2) is 0 Å². The first-order valence-corrected chi connectivity index (χ1v) is 8.28. The standard InChI is InChI=1S/C16H30N2O/c1-18-13-6-5-7-14(18)11-12(10-13)17-15-8-3-4-9-16(15)19-2/h12-17H,3-11H2,1-2H3. The molecule has 0 spiro atoms. The van der Waals surface area contributed by atoms with Gasteiger partial charge < -0.3 is 15.0 Å². The molecule has 2 saturated heterocycles. The fraction of sp³-hybridized carbons (Fsp3) is 1.00. The van der Waals surface area contributed by atoms with Crippen molar-refractivity contribution in [3.63, 3.8) is 0 Å². The van der Waals surface area contributed by atoms with Gasteiger partial charge in [0.15, 0.2) is 0 Å². The summed E-state index contributed by atoms with van der Waals surface area (Å²) in [7, 11) is 4.22. The molecule has 4 atom stereocenters. The second-order valence-electron chi connectivity index (χ2n) is 6.90. The van der Waals surface area contributed by atoms with Crippen LogP contribution in [0.15, 0.2) is 0 Å². The van der Waals surface area contributed by atoms with Crippen LogP contribution < -0.4 is 5.32 Å². The molecule has 110 valence electrons. The molecule has 0 aromatic heterocycles. The number of nitrogens with one attached hydrogen (secondary N) is 1. The van der Waals surface area contributed by atoms with Gasteiger partial charge in [0.05, 0.1) is 6.10 Å². The van der Waals surface area contributed by atoms with E-state index in [2.05, 4.69) is 17.3 Å². The monoisotopic (exact) mass is 266 g/mol. The molecule has 1 N–H and O–H groups in total. The maximum atomic E-state index is 5.69. The number of nitrogens with zero attached hydrogens (tertiary/aromatic N) is 1.